The molecule has 0 aliphatic rings. The molecule has 0 radical (unpaired) electrons. The van der Waals surface area contributed by atoms with E-state index < -0.39 is 114 Å². The SMILES string of the molecule is COc1c(F)c(F)c(-c2c3ccccc3c(-c3c(F)c(F)c(F)c(F)c3F)c3cc(F)c(F)cc23)c(F)c1F. The number of hydrogen-bond acceptors (Lipinski definition) is 1. The number of fused-ring (bicyclic) bond motifs is 2. The van der Waals surface area contributed by atoms with Crippen molar-refractivity contribution in [2.75, 3.05) is 7.11 Å². The van der Waals surface area contributed by atoms with E-state index in [1.54, 1.807) is 0 Å². The van der Waals surface area contributed by atoms with Gasteiger partial charge in [0.1, 0.15) is 0 Å². The van der Waals surface area contributed by atoms with Gasteiger partial charge in [-0.1, -0.05) is 24.3 Å². The van der Waals surface area contributed by atoms with Crippen molar-refractivity contribution in [3.05, 3.63) is 100 Å². The smallest absolute Gasteiger partial charge is 0.204 e. The van der Waals surface area contributed by atoms with Crippen LogP contribution in [0.1, 0.15) is 0 Å². The molecule has 0 amide bonds. The third kappa shape index (κ3) is 3.61. The Kier molecular flexibility index (Phi) is 6.15. The van der Waals surface area contributed by atoms with Gasteiger partial charge in [0.05, 0.1) is 18.2 Å². The molecule has 5 aromatic carbocycles. The van der Waals surface area contributed by atoms with E-state index in [0.29, 0.717) is 12.1 Å². The van der Waals surface area contributed by atoms with Crippen LogP contribution in [0.3, 0.4) is 0 Å². The van der Waals surface area contributed by atoms with Gasteiger partial charge in [0, 0.05) is 11.1 Å². The lowest BCUT2D eigenvalue weighted by Gasteiger charge is -2.20. The van der Waals surface area contributed by atoms with Gasteiger partial charge in [-0.05, 0) is 33.7 Å². The molecular formula is C27H9F11O. The first kappa shape index (κ1) is 26.3. The third-order valence-electron chi connectivity index (χ3n) is 6.20. The first-order valence-electron chi connectivity index (χ1n) is 10.7. The van der Waals surface area contributed by atoms with Crippen LogP contribution in [0.15, 0.2) is 36.4 Å². The Labute approximate surface area is 210 Å². The number of benzene rings is 5. The largest absolute Gasteiger partial charge is 0.491 e. The monoisotopic (exact) mass is 558 g/mol. The Morgan fingerprint density at radius 1 is 0.410 bits per heavy atom. The van der Waals surface area contributed by atoms with Gasteiger partial charge in [-0.25, -0.2) is 39.5 Å². The molecule has 0 bridgehead atoms. The molecule has 0 saturated carbocycles. The van der Waals surface area contributed by atoms with Gasteiger partial charge in [-0.2, -0.15) is 8.78 Å². The van der Waals surface area contributed by atoms with E-state index in [4.69, 9.17) is 0 Å². The van der Waals surface area contributed by atoms with Gasteiger partial charge in [0.2, 0.25) is 17.5 Å². The minimum absolute atomic E-state index is 0.292. The fraction of sp³-hybridized carbons (Fsp3) is 0.0370. The molecular weight excluding hydrogens is 549 g/mol. The summed E-state index contributed by atoms with van der Waals surface area (Å²) in [6.45, 7) is 0. The summed E-state index contributed by atoms with van der Waals surface area (Å²) in [6.07, 6.45) is 0. The summed E-state index contributed by atoms with van der Waals surface area (Å²) in [7, 11) is 0.724. The topological polar surface area (TPSA) is 9.23 Å². The predicted molar refractivity (Wildman–Crippen MR) is 118 cm³/mol. The van der Waals surface area contributed by atoms with E-state index in [1.165, 1.54) is 12.1 Å². The molecule has 0 N–H and O–H groups in total. The second kappa shape index (κ2) is 9.14. The Morgan fingerprint density at radius 2 is 0.744 bits per heavy atom. The van der Waals surface area contributed by atoms with Crippen molar-refractivity contribution in [1.29, 1.82) is 0 Å². The third-order valence-corrected chi connectivity index (χ3v) is 6.20. The maximum atomic E-state index is 15.2. The highest BCUT2D eigenvalue weighted by Crippen LogP contribution is 2.48. The summed E-state index contributed by atoms with van der Waals surface area (Å²) in [4.78, 5) is 0. The lowest BCUT2D eigenvalue weighted by molar-refractivity contribution is 0.334. The van der Waals surface area contributed by atoms with Crippen LogP contribution in [0.5, 0.6) is 5.75 Å². The predicted octanol–water partition coefficient (Wildman–Crippen LogP) is 8.87. The summed E-state index contributed by atoms with van der Waals surface area (Å²) in [6, 6.07) is 5.03. The fourth-order valence-corrected chi connectivity index (χ4v) is 4.54. The zero-order chi connectivity index (χ0) is 28.5. The zero-order valence-corrected chi connectivity index (χ0v) is 19.0. The van der Waals surface area contributed by atoms with Gasteiger partial charge in [0.25, 0.3) is 0 Å². The molecule has 5 aromatic rings. The van der Waals surface area contributed by atoms with Crippen LogP contribution >= 0.6 is 0 Å². The molecule has 12 heteroatoms. The second-order valence-electron chi connectivity index (χ2n) is 8.22. The molecule has 0 aliphatic heterocycles. The van der Waals surface area contributed by atoms with Gasteiger partial charge in [-0.15, -0.1) is 0 Å². The Balaban J connectivity index is 2.11. The molecule has 0 saturated heterocycles. The van der Waals surface area contributed by atoms with E-state index >= 15 is 8.78 Å². The lowest BCUT2D eigenvalue weighted by atomic mass is 9.85. The van der Waals surface area contributed by atoms with Gasteiger partial charge in [-0.3, -0.25) is 0 Å². The average molecular weight is 558 g/mol. The highest BCUT2D eigenvalue weighted by atomic mass is 19.2. The second-order valence-corrected chi connectivity index (χ2v) is 8.22. The average Bonchev–Trinajstić information content (AvgIpc) is 2.92. The van der Waals surface area contributed by atoms with Crippen molar-refractivity contribution in [2.45, 2.75) is 0 Å². The molecule has 0 fully saturated rings. The van der Waals surface area contributed by atoms with Crippen molar-refractivity contribution in [1.82, 2.24) is 0 Å². The maximum absolute atomic E-state index is 15.2. The van der Waals surface area contributed by atoms with Crippen LogP contribution in [0.2, 0.25) is 0 Å². The van der Waals surface area contributed by atoms with E-state index in [1.807, 2.05) is 0 Å². The van der Waals surface area contributed by atoms with Crippen molar-refractivity contribution in [2.24, 2.45) is 0 Å². The van der Waals surface area contributed by atoms with Crippen LogP contribution in [0.25, 0.3) is 43.8 Å². The van der Waals surface area contributed by atoms with E-state index in [-0.39, 0.29) is 0 Å². The van der Waals surface area contributed by atoms with Gasteiger partial charge < -0.3 is 4.74 Å². The molecule has 0 aliphatic carbocycles. The highest BCUT2D eigenvalue weighted by Gasteiger charge is 2.33. The number of methoxy groups -OCH3 is 1. The molecule has 0 heterocycles. The maximum Gasteiger partial charge on any atom is 0.204 e. The summed E-state index contributed by atoms with van der Waals surface area (Å²) in [5, 5.41) is -2.50. The Morgan fingerprint density at radius 3 is 1.10 bits per heavy atom. The van der Waals surface area contributed by atoms with Crippen LogP contribution < -0.4 is 4.74 Å². The molecule has 5 rings (SSSR count). The minimum atomic E-state index is -2.50. The number of rotatable bonds is 3. The van der Waals surface area contributed by atoms with E-state index in [2.05, 4.69) is 4.74 Å². The molecule has 0 spiro atoms. The lowest BCUT2D eigenvalue weighted by Crippen LogP contribution is -2.07. The summed E-state index contributed by atoms with van der Waals surface area (Å²) >= 11 is 0. The van der Waals surface area contributed by atoms with Crippen molar-refractivity contribution < 1.29 is 53.0 Å². The van der Waals surface area contributed by atoms with Crippen LogP contribution in [-0.2, 0) is 0 Å². The van der Waals surface area contributed by atoms with Gasteiger partial charge >= 0.3 is 0 Å². The van der Waals surface area contributed by atoms with Crippen LogP contribution in [0, 0.1) is 64.0 Å². The van der Waals surface area contributed by atoms with Crippen molar-refractivity contribution >= 4 is 21.5 Å². The molecule has 200 valence electrons. The van der Waals surface area contributed by atoms with Crippen LogP contribution in [-0.4, -0.2) is 7.11 Å². The molecule has 39 heavy (non-hydrogen) atoms. The Bertz CT molecular complexity index is 1810. The quantitative estimate of drug-likeness (QED) is 0.0931. The normalized spacial score (nSPS) is 11.6. The molecule has 0 aromatic heterocycles. The van der Waals surface area contributed by atoms with E-state index in [9.17, 15) is 39.5 Å². The summed E-state index contributed by atoms with van der Waals surface area (Å²) in [5.74, 6) is -24.7. The minimum Gasteiger partial charge on any atom is -0.491 e. The van der Waals surface area contributed by atoms with E-state index in [0.717, 1.165) is 19.2 Å². The first-order chi connectivity index (χ1) is 18.4. The molecule has 1 nitrogen and oxygen atoms in total. The summed E-state index contributed by atoms with van der Waals surface area (Å²) < 4.78 is 165. The van der Waals surface area contributed by atoms with Crippen molar-refractivity contribution in [3.63, 3.8) is 0 Å². The van der Waals surface area contributed by atoms with Crippen molar-refractivity contribution in [3.8, 4) is 28.0 Å². The van der Waals surface area contributed by atoms with Crippen LogP contribution in [0.4, 0.5) is 48.3 Å². The fourth-order valence-electron chi connectivity index (χ4n) is 4.54. The number of halogens is 11. The summed E-state index contributed by atoms with van der Waals surface area (Å²) in [5.41, 5.74) is -4.66. The standard InChI is InChI=1S/C27H9F11O/c1-39-27-25(37)20(32)17(21(33)26(27)38)15-9-5-3-2-4-8(9)14(10-6-12(28)13(29)7-11(10)15)16-18(30)22(34)24(36)23(35)19(16)31/h2-7H,1H3. The first-order valence-corrected chi connectivity index (χ1v) is 10.7. The number of hydrogen-bond donors (Lipinski definition) is 0. The number of ether oxygens (including phenoxy) is 1. The van der Waals surface area contributed by atoms with Gasteiger partial charge in [0.15, 0.2) is 52.3 Å². The Hall–Kier alpha value is -4.35. The molecule has 0 atom stereocenters. The zero-order valence-electron chi connectivity index (χ0n) is 19.0. The molecule has 0 unspecified atom stereocenters. The highest BCUT2D eigenvalue weighted by molar-refractivity contribution is 6.21.